The highest BCUT2D eigenvalue weighted by Gasteiger charge is 2.51. The van der Waals surface area contributed by atoms with Crippen LogP contribution in [0.1, 0.15) is 28.8 Å². The minimum Gasteiger partial charge on any atom is -0.335 e. The zero-order chi connectivity index (χ0) is 12.9. The van der Waals surface area contributed by atoms with Crippen molar-refractivity contribution in [3.63, 3.8) is 0 Å². The highest BCUT2D eigenvalue weighted by atomic mass is 19.1. The monoisotopic (exact) mass is 248 g/mol. The van der Waals surface area contributed by atoms with Crippen LogP contribution in [0.4, 0.5) is 4.39 Å². The molecule has 0 atom stereocenters. The van der Waals surface area contributed by atoms with Crippen LogP contribution in [0.3, 0.4) is 0 Å². The first kappa shape index (κ1) is 11.7. The summed E-state index contributed by atoms with van der Waals surface area (Å²) in [5.41, 5.74) is 7.32. The lowest BCUT2D eigenvalue weighted by molar-refractivity contribution is 0.0350. The normalized spacial score (nSPS) is 21.6. The lowest BCUT2D eigenvalue weighted by Gasteiger charge is -2.48. The van der Waals surface area contributed by atoms with Crippen molar-refractivity contribution < 1.29 is 9.18 Å². The number of carbonyl (C=O) groups is 1. The summed E-state index contributed by atoms with van der Waals surface area (Å²) in [5.74, 6) is 0.254. The molecule has 0 radical (unpaired) electrons. The fraction of sp³-hybridized carbons (Fsp3) is 0.500. The average Bonchev–Trinajstić information content (AvgIpc) is 3.08. The molecule has 2 fully saturated rings. The summed E-state index contributed by atoms with van der Waals surface area (Å²) in [7, 11) is 0. The quantitative estimate of drug-likeness (QED) is 0.866. The second-order valence-corrected chi connectivity index (χ2v) is 5.63. The number of aryl methyl sites for hydroxylation is 1. The van der Waals surface area contributed by atoms with Crippen LogP contribution >= 0.6 is 0 Å². The third kappa shape index (κ3) is 1.81. The van der Waals surface area contributed by atoms with Gasteiger partial charge in [0.05, 0.1) is 5.54 Å². The topological polar surface area (TPSA) is 46.3 Å². The Kier molecular flexibility index (Phi) is 2.45. The minimum absolute atomic E-state index is 0.0331. The van der Waals surface area contributed by atoms with Gasteiger partial charge in [0.1, 0.15) is 5.82 Å². The van der Waals surface area contributed by atoms with E-state index < -0.39 is 0 Å². The van der Waals surface area contributed by atoms with Gasteiger partial charge < -0.3 is 10.6 Å². The Morgan fingerprint density at radius 2 is 2.11 bits per heavy atom. The van der Waals surface area contributed by atoms with Gasteiger partial charge >= 0.3 is 0 Å². The number of rotatable bonds is 2. The summed E-state index contributed by atoms with van der Waals surface area (Å²) in [4.78, 5) is 14.0. The Bertz CT molecular complexity index is 505. The first-order chi connectivity index (χ1) is 8.49. The van der Waals surface area contributed by atoms with Crippen molar-refractivity contribution in [3.8, 4) is 0 Å². The van der Waals surface area contributed by atoms with E-state index >= 15 is 0 Å². The predicted molar refractivity (Wildman–Crippen MR) is 66.7 cm³/mol. The maximum atomic E-state index is 13.0. The molecule has 18 heavy (non-hydrogen) atoms. The Labute approximate surface area is 106 Å². The van der Waals surface area contributed by atoms with E-state index in [2.05, 4.69) is 0 Å². The molecular formula is C14H17FN2O. The highest BCUT2D eigenvalue weighted by molar-refractivity contribution is 5.96. The van der Waals surface area contributed by atoms with Crippen LogP contribution in [0.2, 0.25) is 0 Å². The van der Waals surface area contributed by atoms with Crippen molar-refractivity contribution in [3.05, 3.63) is 35.1 Å². The van der Waals surface area contributed by atoms with Crippen LogP contribution in [0.15, 0.2) is 18.2 Å². The summed E-state index contributed by atoms with van der Waals surface area (Å²) in [6.45, 7) is 3.02. The second kappa shape index (κ2) is 3.79. The summed E-state index contributed by atoms with van der Waals surface area (Å²) in [6, 6.07) is 4.28. The van der Waals surface area contributed by atoms with E-state index in [0.717, 1.165) is 0 Å². The molecule has 0 spiro atoms. The minimum atomic E-state index is -0.307. The van der Waals surface area contributed by atoms with Gasteiger partial charge in [-0.15, -0.1) is 0 Å². The smallest absolute Gasteiger partial charge is 0.254 e. The Hall–Kier alpha value is -1.42. The summed E-state index contributed by atoms with van der Waals surface area (Å²) in [6.07, 6.45) is 2.38. The van der Waals surface area contributed by atoms with Crippen LogP contribution in [0, 0.1) is 18.7 Å². The number of hydrogen-bond donors (Lipinski definition) is 1. The molecule has 1 saturated carbocycles. The number of likely N-dealkylation sites (tertiary alicyclic amines) is 1. The number of benzene rings is 1. The maximum Gasteiger partial charge on any atom is 0.254 e. The van der Waals surface area contributed by atoms with Crippen molar-refractivity contribution in [2.24, 2.45) is 11.7 Å². The number of amides is 1. The Morgan fingerprint density at radius 3 is 2.67 bits per heavy atom. The lowest BCUT2D eigenvalue weighted by Crippen LogP contribution is -2.69. The van der Waals surface area contributed by atoms with Gasteiger partial charge in [0, 0.05) is 18.7 Å². The third-order valence-corrected chi connectivity index (χ3v) is 4.07. The van der Waals surface area contributed by atoms with Crippen LogP contribution in [0.25, 0.3) is 0 Å². The van der Waals surface area contributed by atoms with Gasteiger partial charge in [0.15, 0.2) is 0 Å². The molecule has 1 aliphatic carbocycles. The van der Waals surface area contributed by atoms with Crippen molar-refractivity contribution in [2.45, 2.75) is 25.3 Å². The van der Waals surface area contributed by atoms with Crippen molar-refractivity contribution >= 4 is 5.91 Å². The maximum absolute atomic E-state index is 13.0. The zero-order valence-electron chi connectivity index (χ0n) is 10.4. The number of nitrogens with two attached hydrogens (primary N) is 1. The van der Waals surface area contributed by atoms with E-state index in [0.29, 0.717) is 30.1 Å². The second-order valence-electron chi connectivity index (χ2n) is 5.63. The molecule has 1 amide bonds. The molecule has 3 rings (SSSR count). The molecule has 1 heterocycles. The molecule has 3 nitrogen and oxygen atoms in total. The van der Waals surface area contributed by atoms with E-state index in [1.54, 1.807) is 17.9 Å². The van der Waals surface area contributed by atoms with Crippen LogP contribution in [0.5, 0.6) is 0 Å². The Balaban J connectivity index is 1.72. The Morgan fingerprint density at radius 1 is 1.44 bits per heavy atom. The fourth-order valence-electron chi connectivity index (χ4n) is 2.76. The number of hydrogen-bond acceptors (Lipinski definition) is 2. The molecule has 1 aliphatic heterocycles. The number of nitrogens with zero attached hydrogens (tertiary/aromatic N) is 1. The summed E-state index contributed by atoms with van der Waals surface area (Å²) >= 11 is 0. The molecule has 1 aromatic rings. The molecule has 0 unspecified atom stereocenters. The molecule has 0 bridgehead atoms. The van der Waals surface area contributed by atoms with E-state index in [4.69, 9.17) is 5.73 Å². The molecule has 2 aliphatic rings. The van der Waals surface area contributed by atoms with Gasteiger partial charge in [0.25, 0.3) is 5.91 Å². The molecule has 0 aromatic heterocycles. The van der Waals surface area contributed by atoms with Gasteiger partial charge in [-0.2, -0.15) is 0 Å². The van der Waals surface area contributed by atoms with Gasteiger partial charge in [-0.25, -0.2) is 4.39 Å². The van der Waals surface area contributed by atoms with Gasteiger partial charge in [-0.05, 0) is 49.4 Å². The summed E-state index contributed by atoms with van der Waals surface area (Å²) < 4.78 is 13.0. The largest absolute Gasteiger partial charge is 0.335 e. The average molecular weight is 248 g/mol. The molecule has 2 N–H and O–H groups in total. The molecule has 1 saturated heterocycles. The van der Waals surface area contributed by atoms with E-state index in [-0.39, 0.29) is 17.3 Å². The molecular weight excluding hydrogens is 231 g/mol. The first-order valence-electron chi connectivity index (χ1n) is 6.34. The standard InChI is InChI=1S/C14H17FN2O/c1-9-6-11(15)4-5-12(9)13(18)17-7-14(16,8-17)10-2-3-10/h4-6,10H,2-3,7-8,16H2,1H3. The van der Waals surface area contributed by atoms with E-state index in [9.17, 15) is 9.18 Å². The van der Waals surface area contributed by atoms with E-state index in [1.807, 2.05) is 0 Å². The number of carbonyl (C=O) groups excluding carboxylic acids is 1. The van der Waals surface area contributed by atoms with Crippen LogP contribution in [-0.2, 0) is 0 Å². The van der Waals surface area contributed by atoms with Gasteiger partial charge in [0.2, 0.25) is 0 Å². The van der Waals surface area contributed by atoms with Crippen molar-refractivity contribution in [1.82, 2.24) is 4.90 Å². The first-order valence-corrected chi connectivity index (χ1v) is 6.34. The number of halogens is 1. The lowest BCUT2D eigenvalue weighted by atomic mass is 9.85. The summed E-state index contributed by atoms with van der Waals surface area (Å²) in [5, 5.41) is 0. The van der Waals surface area contributed by atoms with Crippen molar-refractivity contribution in [2.75, 3.05) is 13.1 Å². The van der Waals surface area contributed by atoms with Crippen LogP contribution in [-0.4, -0.2) is 29.4 Å². The van der Waals surface area contributed by atoms with E-state index in [1.165, 1.54) is 25.0 Å². The molecule has 4 heteroatoms. The fourth-order valence-corrected chi connectivity index (χ4v) is 2.76. The molecule has 96 valence electrons. The third-order valence-electron chi connectivity index (χ3n) is 4.07. The zero-order valence-corrected chi connectivity index (χ0v) is 10.4. The van der Waals surface area contributed by atoms with Crippen molar-refractivity contribution in [1.29, 1.82) is 0 Å². The SMILES string of the molecule is Cc1cc(F)ccc1C(=O)N1CC(N)(C2CC2)C1. The van der Waals surface area contributed by atoms with Gasteiger partial charge in [-0.3, -0.25) is 4.79 Å². The van der Waals surface area contributed by atoms with Gasteiger partial charge in [-0.1, -0.05) is 0 Å². The van der Waals surface area contributed by atoms with Crippen LogP contribution < -0.4 is 5.73 Å². The molecule has 1 aromatic carbocycles. The highest BCUT2D eigenvalue weighted by Crippen LogP contribution is 2.43. The predicted octanol–water partition coefficient (Wildman–Crippen LogP) is 1.70.